The zero-order chi connectivity index (χ0) is 19.6. The van der Waals surface area contributed by atoms with Crippen LogP contribution in [-0.4, -0.2) is 35.5 Å². The molecule has 0 atom stereocenters. The Morgan fingerprint density at radius 3 is 2.04 bits per heavy atom. The summed E-state index contributed by atoms with van der Waals surface area (Å²) < 4.78 is 10.7. The Morgan fingerprint density at radius 1 is 0.889 bits per heavy atom. The molecule has 0 heterocycles. The SMILES string of the molecule is COc1cc2cc(/C=C/C(=O)O)c3cc(OC)c(CO)cc3c2cc1CO. The van der Waals surface area contributed by atoms with Gasteiger partial charge in [0.05, 0.1) is 27.4 Å². The monoisotopic (exact) mass is 368 g/mol. The number of carboxylic acid groups (broad SMARTS) is 1. The molecule has 3 N–H and O–H groups in total. The van der Waals surface area contributed by atoms with E-state index in [2.05, 4.69) is 0 Å². The maximum absolute atomic E-state index is 11.0. The van der Waals surface area contributed by atoms with Gasteiger partial charge in [0.1, 0.15) is 11.5 Å². The standard InChI is InChI=1S/C21H20O6/c1-26-19-8-13-5-12(3-4-21(24)25)17-9-20(27-2)15(11-23)7-18(17)16(13)6-14(19)10-22/h3-9,22-23H,10-11H2,1-2H3,(H,24,25)/b4-3+. The average molecular weight is 368 g/mol. The second kappa shape index (κ2) is 7.65. The predicted molar refractivity (Wildman–Crippen MR) is 103 cm³/mol. The van der Waals surface area contributed by atoms with Crippen molar-refractivity contribution in [3.05, 3.63) is 53.1 Å². The maximum Gasteiger partial charge on any atom is 0.328 e. The molecule has 140 valence electrons. The lowest BCUT2D eigenvalue weighted by Gasteiger charge is -2.15. The first-order chi connectivity index (χ1) is 13.0. The third kappa shape index (κ3) is 3.45. The normalized spacial score (nSPS) is 11.4. The van der Waals surface area contributed by atoms with Crippen molar-refractivity contribution in [1.29, 1.82) is 0 Å². The predicted octanol–water partition coefficient (Wildman–Crippen LogP) is 3.09. The van der Waals surface area contributed by atoms with Crippen molar-refractivity contribution in [1.82, 2.24) is 0 Å². The van der Waals surface area contributed by atoms with Crippen molar-refractivity contribution in [3.63, 3.8) is 0 Å². The molecule has 0 radical (unpaired) electrons. The molecule has 0 amide bonds. The van der Waals surface area contributed by atoms with E-state index in [-0.39, 0.29) is 13.2 Å². The van der Waals surface area contributed by atoms with Crippen LogP contribution in [0.1, 0.15) is 16.7 Å². The number of carboxylic acids is 1. The summed E-state index contributed by atoms with van der Waals surface area (Å²) in [6.07, 6.45) is 2.60. The molecule has 0 spiro atoms. The molecule has 3 aromatic carbocycles. The maximum atomic E-state index is 11.0. The Hall–Kier alpha value is -3.09. The molecule has 0 aliphatic carbocycles. The number of aliphatic hydroxyl groups excluding tert-OH is 2. The first-order valence-electron chi connectivity index (χ1n) is 8.29. The molecule has 6 nitrogen and oxygen atoms in total. The minimum atomic E-state index is -1.05. The number of ether oxygens (including phenoxy) is 2. The number of benzene rings is 3. The van der Waals surface area contributed by atoms with Gasteiger partial charge in [-0.2, -0.15) is 0 Å². The highest BCUT2D eigenvalue weighted by Crippen LogP contribution is 2.37. The molecule has 0 unspecified atom stereocenters. The van der Waals surface area contributed by atoms with Crippen molar-refractivity contribution in [2.45, 2.75) is 13.2 Å². The molecule has 0 bridgehead atoms. The first-order valence-corrected chi connectivity index (χ1v) is 8.29. The molecule has 0 fully saturated rings. The van der Waals surface area contributed by atoms with Gasteiger partial charge < -0.3 is 24.8 Å². The van der Waals surface area contributed by atoms with Gasteiger partial charge in [0.25, 0.3) is 0 Å². The van der Waals surface area contributed by atoms with Gasteiger partial charge in [0.2, 0.25) is 0 Å². The van der Waals surface area contributed by atoms with E-state index in [1.165, 1.54) is 20.3 Å². The molecule has 6 heteroatoms. The molecule has 3 aromatic rings. The number of aliphatic carboxylic acids is 1. The van der Waals surface area contributed by atoms with Gasteiger partial charge in [-0.3, -0.25) is 0 Å². The van der Waals surface area contributed by atoms with Crippen LogP contribution in [0.4, 0.5) is 0 Å². The van der Waals surface area contributed by atoms with Crippen molar-refractivity contribution >= 4 is 33.6 Å². The van der Waals surface area contributed by atoms with Crippen LogP contribution in [0.25, 0.3) is 27.6 Å². The van der Waals surface area contributed by atoms with E-state index in [0.717, 1.165) is 27.6 Å². The molecule has 0 aromatic heterocycles. The Bertz CT molecular complexity index is 1050. The lowest BCUT2D eigenvalue weighted by Crippen LogP contribution is -1.96. The average Bonchev–Trinajstić information content (AvgIpc) is 2.69. The lowest BCUT2D eigenvalue weighted by molar-refractivity contribution is -0.131. The molecule has 0 saturated carbocycles. The van der Waals surface area contributed by atoms with E-state index in [4.69, 9.17) is 14.6 Å². The molecular weight excluding hydrogens is 348 g/mol. The molecule has 27 heavy (non-hydrogen) atoms. The highest BCUT2D eigenvalue weighted by atomic mass is 16.5. The Morgan fingerprint density at radius 2 is 1.48 bits per heavy atom. The number of hydrogen-bond acceptors (Lipinski definition) is 5. The largest absolute Gasteiger partial charge is 0.496 e. The number of fused-ring (bicyclic) bond motifs is 3. The number of aliphatic hydroxyl groups is 2. The van der Waals surface area contributed by atoms with Crippen LogP contribution < -0.4 is 9.47 Å². The van der Waals surface area contributed by atoms with E-state index in [9.17, 15) is 15.0 Å². The molecular formula is C21H20O6. The summed E-state index contributed by atoms with van der Waals surface area (Å²) in [6, 6.07) is 9.11. The van der Waals surface area contributed by atoms with Gasteiger partial charge in [-0.1, -0.05) is 0 Å². The summed E-state index contributed by atoms with van der Waals surface area (Å²) in [4.78, 5) is 11.0. The lowest BCUT2D eigenvalue weighted by atomic mass is 9.93. The number of hydrogen-bond donors (Lipinski definition) is 3. The minimum Gasteiger partial charge on any atom is -0.496 e. The van der Waals surface area contributed by atoms with Crippen molar-refractivity contribution in [2.75, 3.05) is 14.2 Å². The van der Waals surface area contributed by atoms with Crippen LogP contribution in [0.15, 0.2) is 36.4 Å². The van der Waals surface area contributed by atoms with Gasteiger partial charge in [-0.25, -0.2) is 4.79 Å². The highest BCUT2D eigenvalue weighted by molar-refractivity contribution is 6.12. The van der Waals surface area contributed by atoms with Gasteiger partial charge in [-0.05, 0) is 63.5 Å². The molecule has 3 rings (SSSR count). The minimum absolute atomic E-state index is 0.176. The van der Waals surface area contributed by atoms with Crippen LogP contribution in [0.3, 0.4) is 0 Å². The summed E-state index contributed by atoms with van der Waals surface area (Å²) in [5.74, 6) is 0.0222. The van der Waals surface area contributed by atoms with Crippen LogP contribution in [0.5, 0.6) is 11.5 Å². The van der Waals surface area contributed by atoms with Crippen molar-refractivity contribution < 1.29 is 29.6 Å². The third-order valence-electron chi connectivity index (χ3n) is 4.53. The van der Waals surface area contributed by atoms with E-state index < -0.39 is 5.97 Å². The zero-order valence-electron chi connectivity index (χ0n) is 15.0. The van der Waals surface area contributed by atoms with Gasteiger partial charge in [0, 0.05) is 17.2 Å². The second-order valence-corrected chi connectivity index (χ2v) is 6.05. The van der Waals surface area contributed by atoms with Crippen LogP contribution in [0, 0.1) is 0 Å². The van der Waals surface area contributed by atoms with Crippen molar-refractivity contribution in [3.8, 4) is 11.5 Å². The second-order valence-electron chi connectivity index (χ2n) is 6.05. The fraction of sp³-hybridized carbons (Fsp3) is 0.190. The third-order valence-corrected chi connectivity index (χ3v) is 4.53. The van der Waals surface area contributed by atoms with E-state index in [1.54, 1.807) is 12.1 Å². The fourth-order valence-corrected chi connectivity index (χ4v) is 3.25. The fourth-order valence-electron chi connectivity index (χ4n) is 3.25. The van der Waals surface area contributed by atoms with Crippen molar-refractivity contribution in [2.24, 2.45) is 0 Å². The van der Waals surface area contributed by atoms with Crippen LogP contribution in [-0.2, 0) is 18.0 Å². The molecule has 0 saturated heterocycles. The number of rotatable bonds is 6. The highest BCUT2D eigenvalue weighted by Gasteiger charge is 2.13. The Labute approximate surface area is 155 Å². The Balaban J connectivity index is 2.46. The van der Waals surface area contributed by atoms with E-state index in [0.29, 0.717) is 28.2 Å². The van der Waals surface area contributed by atoms with Crippen LogP contribution >= 0.6 is 0 Å². The smallest absolute Gasteiger partial charge is 0.328 e. The zero-order valence-corrected chi connectivity index (χ0v) is 15.0. The summed E-state index contributed by atoms with van der Waals surface area (Å²) >= 11 is 0. The Kier molecular flexibility index (Phi) is 5.30. The first kappa shape index (κ1) is 18.7. The van der Waals surface area contributed by atoms with Crippen LogP contribution in [0.2, 0.25) is 0 Å². The summed E-state index contributed by atoms with van der Waals surface area (Å²) in [7, 11) is 3.05. The molecule has 0 aliphatic rings. The topological polar surface area (TPSA) is 96.2 Å². The quantitative estimate of drug-likeness (QED) is 0.457. The van der Waals surface area contributed by atoms with Gasteiger partial charge in [-0.15, -0.1) is 0 Å². The summed E-state index contributed by atoms with van der Waals surface area (Å²) in [5.41, 5.74) is 1.95. The van der Waals surface area contributed by atoms with Gasteiger partial charge in [0.15, 0.2) is 0 Å². The molecule has 0 aliphatic heterocycles. The van der Waals surface area contributed by atoms with E-state index in [1.807, 2.05) is 18.2 Å². The number of carbonyl (C=O) groups is 1. The summed E-state index contributed by atoms with van der Waals surface area (Å²) in [6.45, 7) is -0.372. The van der Waals surface area contributed by atoms with Gasteiger partial charge >= 0.3 is 5.97 Å². The number of methoxy groups -OCH3 is 2. The summed E-state index contributed by atoms with van der Waals surface area (Å²) in [5, 5.41) is 31.6. The van der Waals surface area contributed by atoms with E-state index >= 15 is 0 Å².